The normalized spacial score (nSPS) is 12.5. The average molecular weight is 511 g/mol. The smallest absolute Gasteiger partial charge is 0.263 e. The Bertz CT molecular complexity index is 1040. The molecule has 10 heteroatoms. The first-order valence-corrected chi connectivity index (χ1v) is 12.2. The number of halogens is 1. The van der Waals surface area contributed by atoms with Crippen LogP contribution in [0.25, 0.3) is 0 Å². The summed E-state index contributed by atoms with van der Waals surface area (Å²) in [5.74, 6) is 0.0624. The molecule has 0 saturated carbocycles. The van der Waals surface area contributed by atoms with E-state index in [1.165, 1.54) is 13.1 Å². The quantitative estimate of drug-likeness (QED) is 0.413. The van der Waals surface area contributed by atoms with Gasteiger partial charge >= 0.3 is 0 Å². The first-order valence-electron chi connectivity index (χ1n) is 9.56. The Morgan fingerprint density at radius 3 is 2.39 bits per heavy atom. The molecular weight excluding hydrogens is 484 g/mol. The van der Waals surface area contributed by atoms with E-state index in [2.05, 4.69) is 26.5 Å². The zero-order valence-corrected chi connectivity index (χ0v) is 20.6. The third kappa shape index (κ3) is 6.70. The molecule has 0 aromatic heterocycles. The number of nitrogens with zero attached hydrogens (tertiary/aromatic N) is 3. The molecular formula is C21H27BrN4O4S. The van der Waals surface area contributed by atoms with Crippen molar-refractivity contribution >= 4 is 49.4 Å². The molecule has 0 radical (unpaired) electrons. The lowest BCUT2D eigenvalue weighted by atomic mass is 10.2. The van der Waals surface area contributed by atoms with Gasteiger partial charge in [-0.1, -0.05) is 6.07 Å². The monoisotopic (exact) mass is 510 g/mol. The van der Waals surface area contributed by atoms with Gasteiger partial charge in [0, 0.05) is 18.6 Å². The number of carbonyl (C=O) groups is 1. The van der Waals surface area contributed by atoms with Crippen molar-refractivity contribution in [3.05, 3.63) is 52.5 Å². The van der Waals surface area contributed by atoms with Crippen LogP contribution in [0.3, 0.4) is 0 Å². The molecule has 1 amide bonds. The maximum Gasteiger partial charge on any atom is 0.263 e. The number of sulfonamides is 1. The third-order valence-electron chi connectivity index (χ3n) is 4.33. The number of rotatable bonds is 9. The molecule has 2 rings (SSSR count). The second-order valence-corrected chi connectivity index (χ2v) is 9.72. The Labute approximate surface area is 192 Å². The molecule has 0 aliphatic heterocycles. The van der Waals surface area contributed by atoms with Crippen LogP contribution in [0.2, 0.25) is 0 Å². The van der Waals surface area contributed by atoms with Crippen molar-refractivity contribution in [2.75, 3.05) is 36.2 Å². The first kappa shape index (κ1) is 24.7. The molecule has 0 heterocycles. The van der Waals surface area contributed by atoms with Crippen molar-refractivity contribution < 1.29 is 17.9 Å². The van der Waals surface area contributed by atoms with E-state index in [0.717, 1.165) is 26.3 Å². The number of hydrogen-bond donors (Lipinski definition) is 1. The van der Waals surface area contributed by atoms with Gasteiger partial charge in [-0.15, -0.1) is 0 Å². The van der Waals surface area contributed by atoms with Crippen LogP contribution in [0.1, 0.15) is 19.4 Å². The zero-order valence-electron chi connectivity index (χ0n) is 18.2. The van der Waals surface area contributed by atoms with Crippen molar-refractivity contribution in [2.45, 2.75) is 19.9 Å². The van der Waals surface area contributed by atoms with Gasteiger partial charge < -0.3 is 9.64 Å². The maximum absolute atomic E-state index is 12.6. The Hall–Kier alpha value is -2.59. The number of hydrazone groups is 1. The van der Waals surface area contributed by atoms with E-state index in [4.69, 9.17) is 4.74 Å². The number of carbonyl (C=O) groups excluding carboxylic acids is 1. The average Bonchev–Trinajstić information content (AvgIpc) is 2.68. The molecule has 0 bridgehead atoms. The van der Waals surface area contributed by atoms with Gasteiger partial charge in [-0.2, -0.15) is 5.10 Å². The van der Waals surface area contributed by atoms with E-state index in [-0.39, 0.29) is 0 Å². The van der Waals surface area contributed by atoms with Crippen molar-refractivity contribution in [1.29, 1.82) is 0 Å². The zero-order chi connectivity index (χ0) is 23.2. The lowest BCUT2D eigenvalue weighted by molar-refractivity contribution is -0.121. The molecule has 1 N–H and O–H groups in total. The van der Waals surface area contributed by atoms with E-state index in [1.54, 1.807) is 24.3 Å². The minimum atomic E-state index is -3.71. The van der Waals surface area contributed by atoms with Crippen LogP contribution in [0.15, 0.2) is 52.0 Å². The number of nitrogens with one attached hydrogen (secondary N) is 1. The fourth-order valence-corrected chi connectivity index (χ4v) is 4.82. The molecule has 31 heavy (non-hydrogen) atoms. The van der Waals surface area contributed by atoms with Gasteiger partial charge in [-0.25, -0.2) is 13.8 Å². The molecule has 0 spiro atoms. The summed E-state index contributed by atoms with van der Waals surface area (Å²) < 4.78 is 32.1. The molecule has 0 unspecified atom stereocenters. The summed E-state index contributed by atoms with van der Waals surface area (Å²) in [5, 5.41) is 3.97. The maximum atomic E-state index is 12.6. The van der Waals surface area contributed by atoms with E-state index in [9.17, 15) is 13.2 Å². The summed E-state index contributed by atoms with van der Waals surface area (Å²) in [7, 11) is 0.162. The largest absolute Gasteiger partial charge is 0.494 e. The van der Waals surface area contributed by atoms with Gasteiger partial charge in [0.15, 0.2) is 0 Å². The predicted molar refractivity (Wildman–Crippen MR) is 129 cm³/mol. The molecule has 8 nitrogen and oxygen atoms in total. The fourth-order valence-electron chi connectivity index (χ4n) is 2.89. The summed E-state index contributed by atoms with van der Waals surface area (Å²) in [6.07, 6.45) is 2.55. The Kier molecular flexibility index (Phi) is 8.46. The van der Waals surface area contributed by atoms with Gasteiger partial charge in [0.25, 0.3) is 5.91 Å². The van der Waals surface area contributed by atoms with Gasteiger partial charge in [0.05, 0.1) is 30.5 Å². The number of anilines is 2. The van der Waals surface area contributed by atoms with Crippen LogP contribution < -0.4 is 19.4 Å². The Balaban J connectivity index is 2.14. The summed E-state index contributed by atoms with van der Waals surface area (Å²) in [5.41, 5.74) is 4.56. The topological polar surface area (TPSA) is 91.3 Å². The lowest BCUT2D eigenvalue weighted by Gasteiger charge is -2.27. The van der Waals surface area contributed by atoms with Crippen LogP contribution in [0.5, 0.6) is 5.75 Å². The second-order valence-electron chi connectivity index (χ2n) is 7.00. The number of hydrogen-bond acceptors (Lipinski definition) is 6. The second kappa shape index (κ2) is 10.6. The Morgan fingerprint density at radius 2 is 1.87 bits per heavy atom. The summed E-state index contributed by atoms with van der Waals surface area (Å²) in [6.45, 7) is 3.87. The minimum absolute atomic E-state index is 0.362. The highest BCUT2D eigenvalue weighted by molar-refractivity contribution is 9.10. The van der Waals surface area contributed by atoms with Crippen molar-refractivity contribution in [2.24, 2.45) is 5.10 Å². The van der Waals surface area contributed by atoms with Crippen molar-refractivity contribution in [1.82, 2.24) is 5.43 Å². The van der Waals surface area contributed by atoms with Crippen LogP contribution in [-0.4, -0.2) is 53.5 Å². The third-order valence-corrected chi connectivity index (χ3v) is 6.21. The first-order chi connectivity index (χ1) is 14.5. The SMILES string of the molecule is CCOc1ccc(N([C@@H](C)C(=O)N/N=C\c2ccc(N(C)C)c(Br)c2)S(C)(=O)=O)cc1. The van der Waals surface area contributed by atoms with E-state index < -0.39 is 22.0 Å². The molecule has 0 aliphatic rings. The number of amides is 1. The van der Waals surface area contributed by atoms with E-state index in [1.807, 2.05) is 44.1 Å². The van der Waals surface area contributed by atoms with Gasteiger partial charge in [0.1, 0.15) is 11.8 Å². The molecule has 1 atom stereocenters. The molecule has 168 valence electrons. The van der Waals surface area contributed by atoms with Crippen LogP contribution in [-0.2, 0) is 14.8 Å². The number of ether oxygens (including phenoxy) is 1. The predicted octanol–water partition coefficient (Wildman–Crippen LogP) is 3.22. The highest BCUT2D eigenvalue weighted by Crippen LogP contribution is 2.25. The molecule has 0 saturated heterocycles. The molecule has 0 aliphatic carbocycles. The van der Waals surface area contributed by atoms with E-state index in [0.29, 0.717) is 18.0 Å². The minimum Gasteiger partial charge on any atom is -0.494 e. The summed E-state index contributed by atoms with van der Waals surface area (Å²) in [4.78, 5) is 14.6. The molecule has 2 aromatic rings. The number of benzene rings is 2. The molecule has 0 fully saturated rings. The summed E-state index contributed by atoms with van der Waals surface area (Å²) >= 11 is 3.50. The van der Waals surface area contributed by atoms with Crippen molar-refractivity contribution in [3.63, 3.8) is 0 Å². The fraction of sp³-hybridized carbons (Fsp3) is 0.333. The highest BCUT2D eigenvalue weighted by atomic mass is 79.9. The Morgan fingerprint density at radius 1 is 1.23 bits per heavy atom. The van der Waals surface area contributed by atoms with Crippen LogP contribution >= 0.6 is 15.9 Å². The van der Waals surface area contributed by atoms with Crippen LogP contribution in [0.4, 0.5) is 11.4 Å². The van der Waals surface area contributed by atoms with Gasteiger partial charge in [-0.3, -0.25) is 9.10 Å². The van der Waals surface area contributed by atoms with Crippen LogP contribution in [0, 0.1) is 0 Å². The summed E-state index contributed by atoms with van der Waals surface area (Å²) in [6, 6.07) is 11.2. The molecule has 2 aromatic carbocycles. The lowest BCUT2D eigenvalue weighted by Crippen LogP contribution is -2.46. The van der Waals surface area contributed by atoms with Gasteiger partial charge in [0.2, 0.25) is 10.0 Å². The standard InChI is InChI=1S/C21H27BrN4O4S/c1-6-30-18-10-8-17(9-11-18)26(31(5,28)29)15(2)21(27)24-23-14-16-7-12-20(25(3)4)19(22)13-16/h7-15H,6H2,1-5H3,(H,24,27)/b23-14-/t15-/m0/s1. The van der Waals surface area contributed by atoms with Gasteiger partial charge in [-0.05, 0) is 71.7 Å². The highest BCUT2D eigenvalue weighted by Gasteiger charge is 2.29. The van der Waals surface area contributed by atoms with E-state index >= 15 is 0 Å². The van der Waals surface area contributed by atoms with Crippen molar-refractivity contribution in [3.8, 4) is 5.75 Å².